The van der Waals surface area contributed by atoms with Gasteiger partial charge in [-0.05, 0) is 68.0 Å². The highest BCUT2D eigenvalue weighted by Crippen LogP contribution is 2.49. The highest BCUT2D eigenvalue weighted by Gasteiger charge is 2.41. The number of benzene rings is 2. The molecule has 6 rings (SSSR count). The second-order valence-corrected chi connectivity index (χ2v) is 10.9. The number of carbonyl (C=O) groups excluding carboxylic acids is 1. The number of fused-ring (bicyclic) bond motifs is 5. The molecule has 4 aromatic rings. The smallest absolute Gasteiger partial charge is 0.387 e. The van der Waals surface area contributed by atoms with Crippen LogP contribution in [0.3, 0.4) is 0 Å². The molecule has 0 saturated heterocycles. The molecular formula is C30H27ClF3N5O2. The topological polar surface area (TPSA) is 91.9 Å². The Bertz CT molecular complexity index is 1630. The van der Waals surface area contributed by atoms with E-state index < -0.39 is 12.4 Å². The number of nitrogens with zero attached hydrogens (tertiary/aromatic N) is 2. The number of hydrogen-bond acceptors (Lipinski definition) is 5. The SMILES string of the molecule is CNc1ccc2c(c1)NC(=O)CC1CC1CC(c1ccc(-c3c(OC(F)F)ccc(Cl)c3F)cn1)c1nc-2c(C)[nH]1. The number of alkyl halides is 2. The van der Waals surface area contributed by atoms with E-state index in [4.69, 9.17) is 16.6 Å². The molecule has 2 aromatic carbocycles. The van der Waals surface area contributed by atoms with Crippen molar-refractivity contribution < 1.29 is 22.7 Å². The first-order chi connectivity index (χ1) is 19.7. The Hall–Kier alpha value is -4.05. The Morgan fingerprint density at radius 3 is 2.68 bits per heavy atom. The maximum atomic E-state index is 15.0. The number of H-pyrrole nitrogens is 1. The van der Waals surface area contributed by atoms with E-state index >= 15 is 0 Å². The lowest BCUT2D eigenvalue weighted by Crippen LogP contribution is -2.14. The average Bonchev–Trinajstić information content (AvgIpc) is 3.55. The molecule has 1 amide bonds. The van der Waals surface area contributed by atoms with Gasteiger partial charge in [0.2, 0.25) is 5.91 Å². The Morgan fingerprint density at radius 2 is 1.95 bits per heavy atom. The summed E-state index contributed by atoms with van der Waals surface area (Å²) in [7, 11) is 1.82. The Morgan fingerprint density at radius 1 is 1.12 bits per heavy atom. The summed E-state index contributed by atoms with van der Waals surface area (Å²) in [5, 5.41) is 5.98. The van der Waals surface area contributed by atoms with Gasteiger partial charge >= 0.3 is 6.61 Å². The van der Waals surface area contributed by atoms with Crippen molar-refractivity contribution in [1.82, 2.24) is 15.0 Å². The number of imidazole rings is 1. The van der Waals surface area contributed by atoms with Gasteiger partial charge < -0.3 is 20.4 Å². The number of ether oxygens (including phenoxy) is 1. The van der Waals surface area contributed by atoms with Crippen molar-refractivity contribution in [2.75, 3.05) is 17.7 Å². The van der Waals surface area contributed by atoms with E-state index in [0.717, 1.165) is 34.9 Å². The van der Waals surface area contributed by atoms with Crippen LogP contribution in [-0.4, -0.2) is 34.5 Å². The molecule has 1 aliphatic heterocycles. The zero-order valence-corrected chi connectivity index (χ0v) is 23.0. The summed E-state index contributed by atoms with van der Waals surface area (Å²) >= 11 is 5.95. The van der Waals surface area contributed by atoms with Gasteiger partial charge in [-0.3, -0.25) is 9.78 Å². The number of aromatic nitrogens is 3. The average molecular weight is 582 g/mol. The summed E-state index contributed by atoms with van der Waals surface area (Å²) in [5.41, 5.74) is 4.68. The summed E-state index contributed by atoms with van der Waals surface area (Å²) in [4.78, 5) is 26.0. The standard InChI is InChI=1S/C30H27ClF3N5O2/c1-14-28-19-5-4-18(35-2)12-23(19)38-25(40)11-17-9-16(17)10-20(29(37-14)39-28)22-7-3-15(13-36-22)26-24(41-30(33)34)8-6-21(31)27(26)32/h3-8,12-13,16-17,20,30,35H,9-11H2,1-2H3,(H,37,39)(H,38,40). The molecule has 3 atom stereocenters. The molecule has 0 radical (unpaired) electrons. The number of aryl methyl sites for hydroxylation is 1. The number of aromatic amines is 1. The van der Waals surface area contributed by atoms with Crippen LogP contribution in [0.1, 0.15) is 42.4 Å². The summed E-state index contributed by atoms with van der Waals surface area (Å²) in [6.45, 7) is -1.19. The molecule has 2 bridgehead atoms. The fourth-order valence-electron chi connectivity index (χ4n) is 5.64. The van der Waals surface area contributed by atoms with Crippen LogP contribution >= 0.6 is 11.6 Å². The van der Waals surface area contributed by atoms with E-state index in [1.165, 1.54) is 18.3 Å². The van der Waals surface area contributed by atoms with Gasteiger partial charge in [0.1, 0.15) is 11.6 Å². The molecule has 7 nitrogen and oxygen atoms in total. The number of pyridine rings is 1. The first-order valence-corrected chi connectivity index (χ1v) is 13.7. The molecule has 212 valence electrons. The number of hydrogen-bond donors (Lipinski definition) is 3. The predicted octanol–water partition coefficient (Wildman–Crippen LogP) is 7.38. The summed E-state index contributed by atoms with van der Waals surface area (Å²) in [5.74, 6) is -0.170. The van der Waals surface area contributed by atoms with Crippen molar-refractivity contribution in [3.8, 4) is 28.1 Å². The van der Waals surface area contributed by atoms with E-state index in [1.807, 2.05) is 32.2 Å². The molecule has 3 N–H and O–H groups in total. The van der Waals surface area contributed by atoms with Crippen molar-refractivity contribution in [3.63, 3.8) is 0 Å². The van der Waals surface area contributed by atoms with Crippen LogP contribution in [0.4, 0.5) is 24.5 Å². The number of amides is 1. The van der Waals surface area contributed by atoms with Gasteiger partial charge in [0.25, 0.3) is 0 Å². The fraction of sp³-hybridized carbons (Fsp3) is 0.300. The minimum absolute atomic E-state index is 0.0367. The minimum atomic E-state index is -3.13. The van der Waals surface area contributed by atoms with Gasteiger partial charge in [0.15, 0.2) is 5.82 Å². The van der Waals surface area contributed by atoms with Crippen LogP contribution in [0.15, 0.2) is 48.7 Å². The number of nitrogens with one attached hydrogen (secondary N) is 3. The minimum Gasteiger partial charge on any atom is -0.434 e. The van der Waals surface area contributed by atoms with Crippen LogP contribution in [0.2, 0.25) is 5.02 Å². The number of carbonyl (C=O) groups is 1. The molecular weight excluding hydrogens is 555 g/mol. The second-order valence-electron chi connectivity index (χ2n) is 10.5. The maximum absolute atomic E-state index is 15.0. The molecule has 41 heavy (non-hydrogen) atoms. The third kappa shape index (κ3) is 5.36. The lowest BCUT2D eigenvalue weighted by Gasteiger charge is -2.17. The van der Waals surface area contributed by atoms with Gasteiger partial charge in [-0.2, -0.15) is 8.78 Å². The molecule has 1 saturated carbocycles. The molecule has 1 fully saturated rings. The lowest BCUT2D eigenvalue weighted by molar-refractivity contribution is -0.116. The van der Waals surface area contributed by atoms with Crippen molar-refractivity contribution in [1.29, 1.82) is 0 Å². The van der Waals surface area contributed by atoms with Crippen molar-refractivity contribution >= 4 is 28.9 Å². The van der Waals surface area contributed by atoms with Gasteiger partial charge in [-0.25, -0.2) is 9.37 Å². The van der Waals surface area contributed by atoms with Gasteiger partial charge in [0, 0.05) is 42.2 Å². The quantitative estimate of drug-likeness (QED) is 0.229. The number of halogens is 4. The normalized spacial score (nSPS) is 19.9. The van der Waals surface area contributed by atoms with Crippen LogP contribution in [-0.2, 0) is 4.79 Å². The van der Waals surface area contributed by atoms with Gasteiger partial charge in [-0.15, -0.1) is 0 Å². The van der Waals surface area contributed by atoms with Crippen molar-refractivity contribution in [3.05, 3.63) is 76.7 Å². The van der Waals surface area contributed by atoms with Crippen LogP contribution in [0.25, 0.3) is 22.4 Å². The lowest BCUT2D eigenvalue weighted by atomic mass is 9.94. The molecule has 3 unspecified atom stereocenters. The first-order valence-electron chi connectivity index (χ1n) is 13.3. The monoisotopic (exact) mass is 581 g/mol. The molecule has 0 spiro atoms. The van der Waals surface area contributed by atoms with Crippen LogP contribution < -0.4 is 15.4 Å². The Kier molecular flexibility index (Phi) is 7.11. The molecule has 2 aliphatic rings. The zero-order chi connectivity index (χ0) is 28.8. The van der Waals surface area contributed by atoms with Crippen molar-refractivity contribution in [2.24, 2.45) is 11.8 Å². The highest BCUT2D eigenvalue weighted by atomic mass is 35.5. The van der Waals surface area contributed by atoms with E-state index in [2.05, 4.69) is 25.3 Å². The van der Waals surface area contributed by atoms with Gasteiger partial charge in [-0.1, -0.05) is 17.7 Å². The Balaban J connectivity index is 1.41. The largest absolute Gasteiger partial charge is 0.434 e. The highest BCUT2D eigenvalue weighted by molar-refractivity contribution is 6.31. The van der Waals surface area contributed by atoms with Crippen LogP contribution in [0, 0.1) is 24.6 Å². The summed E-state index contributed by atoms with van der Waals surface area (Å²) in [6.07, 6.45) is 3.49. The van der Waals surface area contributed by atoms with Crippen LogP contribution in [0.5, 0.6) is 5.75 Å². The molecule has 3 heterocycles. The molecule has 1 aliphatic carbocycles. The number of anilines is 2. The first kappa shape index (κ1) is 27.1. The summed E-state index contributed by atoms with van der Waals surface area (Å²) < 4.78 is 45.5. The van der Waals surface area contributed by atoms with E-state index in [0.29, 0.717) is 30.1 Å². The Labute approximate surface area is 239 Å². The summed E-state index contributed by atoms with van der Waals surface area (Å²) in [6, 6.07) is 11.5. The van der Waals surface area contributed by atoms with E-state index in [-0.39, 0.29) is 39.6 Å². The van der Waals surface area contributed by atoms with E-state index in [1.54, 1.807) is 12.1 Å². The van der Waals surface area contributed by atoms with Crippen molar-refractivity contribution in [2.45, 2.75) is 38.7 Å². The van der Waals surface area contributed by atoms with E-state index in [9.17, 15) is 18.0 Å². The molecule has 11 heteroatoms. The predicted molar refractivity (Wildman–Crippen MR) is 151 cm³/mol. The molecule has 2 aromatic heterocycles. The third-order valence-electron chi connectivity index (χ3n) is 7.83. The maximum Gasteiger partial charge on any atom is 0.387 e. The fourth-order valence-corrected chi connectivity index (χ4v) is 5.80. The third-order valence-corrected chi connectivity index (χ3v) is 8.12. The number of rotatable bonds is 5. The van der Waals surface area contributed by atoms with Gasteiger partial charge in [0.05, 0.1) is 33.6 Å². The zero-order valence-electron chi connectivity index (χ0n) is 22.3. The second kappa shape index (κ2) is 10.7.